The minimum absolute atomic E-state index is 0.327. The van der Waals surface area contributed by atoms with Gasteiger partial charge in [0.15, 0.2) is 5.82 Å². The molecule has 0 aliphatic carbocycles. The molecule has 1 unspecified atom stereocenters. The number of hydrogen-bond acceptors (Lipinski definition) is 4. The third kappa shape index (κ3) is 3.01. The number of aromatic nitrogens is 4. The number of aliphatic hydroxyl groups excluding tert-OH is 1. The van der Waals surface area contributed by atoms with E-state index in [2.05, 4.69) is 15.4 Å². The average Bonchev–Trinajstić information content (AvgIpc) is 2.62. The van der Waals surface area contributed by atoms with E-state index >= 15 is 0 Å². The van der Waals surface area contributed by atoms with E-state index in [1.165, 1.54) is 4.80 Å². The Morgan fingerprint density at radius 2 is 2.18 bits per heavy atom. The third-order valence-corrected chi connectivity index (χ3v) is 2.59. The highest BCUT2D eigenvalue weighted by atomic mass is 35.5. The molecule has 0 saturated heterocycles. The van der Waals surface area contributed by atoms with Gasteiger partial charge < -0.3 is 5.11 Å². The largest absolute Gasteiger partial charge is 0.388 e. The molecule has 1 atom stereocenters. The highest BCUT2D eigenvalue weighted by Crippen LogP contribution is 2.22. The third-order valence-electron chi connectivity index (χ3n) is 2.37. The summed E-state index contributed by atoms with van der Waals surface area (Å²) in [6.45, 7) is 1.93. The number of hydrogen-bond donors (Lipinski definition) is 1. The maximum Gasteiger partial charge on any atom is 0.177 e. The molecule has 90 valence electrons. The number of halogens is 1. The van der Waals surface area contributed by atoms with Crippen molar-refractivity contribution in [2.24, 2.45) is 7.05 Å². The van der Waals surface area contributed by atoms with Crippen LogP contribution in [0.3, 0.4) is 0 Å². The van der Waals surface area contributed by atoms with E-state index in [-0.39, 0.29) is 0 Å². The first-order chi connectivity index (χ1) is 8.04. The van der Waals surface area contributed by atoms with Crippen molar-refractivity contribution in [1.29, 1.82) is 0 Å². The minimum atomic E-state index is -0.670. The number of aryl methyl sites for hydroxylation is 2. The molecule has 1 aromatic heterocycles. The van der Waals surface area contributed by atoms with Gasteiger partial charge in [-0.25, -0.2) is 0 Å². The molecular weight excluding hydrogens is 240 g/mol. The Bertz CT molecular complexity index is 506. The second kappa shape index (κ2) is 4.81. The van der Waals surface area contributed by atoms with Gasteiger partial charge in [0.1, 0.15) is 0 Å². The minimum Gasteiger partial charge on any atom is -0.388 e. The van der Waals surface area contributed by atoms with Crippen LogP contribution in [0.1, 0.15) is 23.1 Å². The Kier molecular flexibility index (Phi) is 3.40. The highest BCUT2D eigenvalue weighted by molar-refractivity contribution is 6.30. The van der Waals surface area contributed by atoms with Gasteiger partial charge in [0.05, 0.1) is 13.2 Å². The van der Waals surface area contributed by atoms with E-state index < -0.39 is 6.10 Å². The summed E-state index contributed by atoms with van der Waals surface area (Å²) in [6, 6.07) is 5.49. The van der Waals surface area contributed by atoms with Gasteiger partial charge in [-0.05, 0) is 35.4 Å². The van der Waals surface area contributed by atoms with Crippen LogP contribution in [0.4, 0.5) is 0 Å². The molecule has 0 fully saturated rings. The molecule has 0 aliphatic heterocycles. The predicted octanol–water partition coefficient (Wildman–Crippen LogP) is 1.45. The zero-order chi connectivity index (χ0) is 12.4. The normalized spacial score (nSPS) is 12.7. The summed E-state index contributed by atoms with van der Waals surface area (Å²) >= 11 is 5.94. The Hall–Kier alpha value is -1.46. The van der Waals surface area contributed by atoms with Crippen molar-refractivity contribution in [2.45, 2.75) is 19.4 Å². The predicted molar refractivity (Wildman–Crippen MR) is 63.7 cm³/mol. The molecule has 0 bridgehead atoms. The van der Waals surface area contributed by atoms with Crippen LogP contribution < -0.4 is 0 Å². The Balaban J connectivity index is 2.16. The molecule has 5 nitrogen and oxygen atoms in total. The van der Waals surface area contributed by atoms with Gasteiger partial charge in [0, 0.05) is 11.4 Å². The molecule has 0 saturated carbocycles. The van der Waals surface area contributed by atoms with Gasteiger partial charge in [0.2, 0.25) is 0 Å². The van der Waals surface area contributed by atoms with E-state index in [9.17, 15) is 5.11 Å². The quantitative estimate of drug-likeness (QED) is 0.898. The van der Waals surface area contributed by atoms with Crippen molar-refractivity contribution in [3.63, 3.8) is 0 Å². The molecule has 0 aliphatic rings. The van der Waals surface area contributed by atoms with Crippen LogP contribution in [0, 0.1) is 6.92 Å². The lowest BCUT2D eigenvalue weighted by molar-refractivity contribution is 0.175. The van der Waals surface area contributed by atoms with Gasteiger partial charge in [-0.3, -0.25) is 0 Å². The molecule has 0 radical (unpaired) electrons. The van der Waals surface area contributed by atoms with Crippen molar-refractivity contribution in [1.82, 2.24) is 20.2 Å². The van der Waals surface area contributed by atoms with E-state index in [4.69, 9.17) is 11.6 Å². The Morgan fingerprint density at radius 3 is 2.76 bits per heavy atom. The van der Waals surface area contributed by atoms with Crippen molar-refractivity contribution >= 4 is 11.6 Å². The second-order valence-electron chi connectivity index (χ2n) is 3.98. The molecule has 2 aromatic rings. The standard InChI is InChI=1S/C11H13ClN4O/c1-7-3-8(5-9(12)4-7)10(17)6-11-13-15-16(2)14-11/h3-5,10,17H,6H2,1-2H3. The monoisotopic (exact) mass is 252 g/mol. The first-order valence-electron chi connectivity index (χ1n) is 5.22. The van der Waals surface area contributed by atoms with Crippen LogP contribution in [-0.2, 0) is 13.5 Å². The van der Waals surface area contributed by atoms with Crippen LogP contribution in [0.5, 0.6) is 0 Å². The summed E-state index contributed by atoms with van der Waals surface area (Å²) in [6.07, 6.45) is -0.343. The van der Waals surface area contributed by atoms with Crippen molar-refractivity contribution in [3.05, 3.63) is 40.2 Å². The summed E-state index contributed by atoms with van der Waals surface area (Å²) < 4.78 is 0. The summed E-state index contributed by atoms with van der Waals surface area (Å²) in [5, 5.41) is 22.2. The molecule has 6 heteroatoms. The molecule has 17 heavy (non-hydrogen) atoms. The summed E-state index contributed by atoms with van der Waals surface area (Å²) in [7, 11) is 1.69. The molecule has 1 aromatic carbocycles. The molecule has 1 N–H and O–H groups in total. The molecule has 2 rings (SSSR count). The first kappa shape index (κ1) is 12.0. The fourth-order valence-corrected chi connectivity index (χ4v) is 1.95. The maximum atomic E-state index is 10.1. The van der Waals surface area contributed by atoms with Gasteiger partial charge in [-0.2, -0.15) is 4.80 Å². The number of benzene rings is 1. The Labute approximate surface area is 104 Å². The number of rotatable bonds is 3. The lowest BCUT2D eigenvalue weighted by atomic mass is 10.0. The van der Waals surface area contributed by atoms with Crippen LogP contribution in [0.2, 0.25) is 5.02 Å². The maximum absolute atomic E-state index is 10.1. The lowest BCUT2D eigenvalue weighted by Gasteiger charge is -2.10. The smallest absolute Gasteiger partial charge is 0.177 e. The van der Waals surface area contributed by atoms with Gasteiger partial charge in [-0.1, -0.05) is 17.7 Å². The number of tetrazole rings is 1. The van der Waals surface area contributed by atoms with Crippen molar-refractivity contribution in [3.8, 4) is 0 Å². The topological polar surface area (TPSA) is 63.8 Å². The molecule has 1 heterocycles. The van der Waals surface area contributed by atoms with E-state index in [0.717, 1.165) is 11.1 Å². The van der Waals surface area contributed by atoms with E-state index in [1.54, 1.807) is 13.1 Å². The van der Waals surface area contributed by atoms with E-state index in [0.29, 0.717) is 17.3 Å². The first-order valence-corrected chi connectivity index (χ1v) is 5.60. The average molecular weight is 253 g/mol. The SMILES string of the molecule is Cc1cc(Cl)cc(C(O)Cc2nnn(C)n2)c1. The summed E-state index contributed by atoms with van der Waals surface area (Å²) in [4.78, 5) is 1.37. The summed E-state index contributed by atoms with van der Waals surface area (Å²) in [5.41, 5.74) is 1.78. The van der Waals surface area contributed by atoms with Crippen molar-refractivity contribution in [2.75, 3.05) is 0 Å². The van der Waals surface area contributed by atoms with Crippen LogP contribution in [0.25, 0.3) is 0 Å². The van der Waals surface area contributed by atoms with Gasteiger partial charge in [-0.15, -0.1) is 10.2 Å². The lowest BCUT2D eigenvalue weighted by Crippen LogP contribution is -2.04. The number of nitrogens with zero attached hydrogens (tertiary/aromatic N) is 4. The van der Waals surface area contributed by atoms with Crippen molar-refractivity contribution < 1.29 is 5.11 Å². The molecule has 0 amide bonds. The zero-order valence-electron chi connectivity index (χ0n) is 9.63. The summed E-state index contributed by atoms with van der Waals surface area (Å²) in [5.74, 6) is 0.512. The second-order valence-corrected chi connectivity index (χ2v) is 4.41. The molecule has 0 spiro atoms. The van der Waals surface area contributed by atoms with Gasteiger partial charge in [0.25, 0.3) is 0 Å². The highest BCUT2D eigenvalue weighted by Gasteiger charge is 2.13. The fraction of sp³-hybridized carbons (Fsp3) is 0.364. The van der Waals surface area contributed by atoms with Gasteiger partial charge >= 0.3 is 0 Å². The van der Waals surface area contributed by atoms with Crippen LogP contribution in [-0.4, -0.2) is 25.3 Å². The molecular formula is C11H13ClN4O. The number of aliphatic hydroxyl groups is 1. The Morgan fingerprint density at radius 1 is 1.41 bits per heavy atom. The fourth-order valence-electron chi connectivity index (χ4n) is 1.65. The zero-order valence-corrected chi connectivity index (χ0v) is 10.4. The van der Waals surface area contributed by atoms with Crippen LogP contribution in [0.15, 0.2) is 18.2 Å². The van der Waals surface area contributed by atoms with Crippen LogP contribution >= 0.6 is 11.6 Å². The van der Waals surface area contributed by atoms with E-state index in [1.807, 2.05) is 19.1 Å².